The third-order valence-corrected chi connectivity index (χ3v) is 4.93. The van der Waals surface area contributed by atoms with Crippen molar-refractivity contribution in [3.8, 4) is 5.75 Å². The van der Waals surface area contributed by atoms with Crippen molar-refractivity contribution in [1.29, 1.82) is 0 Å². The number of para-hydroxylation sites is 1. The van der Waals surface area contributed by atoms with Crippen molar-refractivity contribution in [3.05, 3.63) is 59.9 Å². The molecule has 0 bridgehead atoms. The zero-order chi connectivity index (χ0) is 18.8. The number of aromatic nitrogens is 2. The van der Waals surface area contributed by atoms with Gasteiger partial charge in [0.05, 0.1) is 24.1 Å². The Balaban J connectivity index is 1.77. The number of furan rings is 1. The molecule has 0 fully saturated rings. The first-order chi connectivity index (χ1) is 13.2. The molecule has 0 N–H and O–H groups in total. The number of nitrogens with zero attached hydrogens (tertiary/aromatic N) is 3. The Hall–Kier alpha value is -3.13. The molecule has 0 unspecified atom stereocenters. The van der Waals surface area contributed by atoms with Crippen molar-refractivity contribution in [2.45, 2.75) is 20.4 Å². The zero-order valence-electron chi connectivity index (χ0n) is 14.8. The van der Waals surface area contributed by atoms with Crippen molar-refractivity contribution < 1.29 is 18.5 Å². The molecule has 138 valence electrons. The van der Waals surface area contributed by atoms with Gasteiger partial charge in [0.1, 0.15) is 22.8 Å². The molecule has 0 spiro atoms. The topological polar surface area (TPSA) is 81.6 Å². The maximum atomic E-state index is 13.1. The predicted octanol–water partition coefficient (Wildman–Crippen LogP) is 4.43. The van der Waals surface area contributed by atoms with Crippen LogP contribution in [0.4, 0.5) is 5.13 Å². The van der Waals surface area contributed by atoms with Gasteiger partial charge >= 0.3 is 0 Å². The second-order valence-corrected chi connectivity index (χ2v) is 6.83. The third-order valence-electron chi connectivity index (χ3n) is 3.89. The summed E-state index contributed by atoms with van der Waals surface area (Å²) in [6.07, 6.45) is 1.57. The largest absolute Gasteiger partial charge is 0.492 e. The molecule has 0 saturated heterocycles. The van der Waals surface area contributed by atoms with Gasteiger partial charge in [0, 0.05) is 6.07 Å². The number of thiazole rings is 1. The fourth-order valence-corrected chi connectivity index (χ4v) is 3.67. The number of benzene rings is 1. The van der Waals surface area contributed by atoms with E-state index in [4.69, 9.17) is 13.7 Å². The van der Waals surface area contributed by atoms with Crippen LogP contribution in [0.2, 0.25) is 0 Å². The number of anilines is 1. The molecule has 8 heteroatoms. The Morgan fingerprint density at radius 2 is 2.19 bits per heavy atom. The highest BCUT2D eigenvalue weighted by Crippen LogP contribution is 2.35. The summed E-state index contributed by atoms with van der Waals surface area (Å²) in [5.41, 5.74) is 0.955. The number of carbonyl (C=O) groups is 1. The van der Waals surface area contributed by atoms with E-state index in [0.717, 1.165) is 10.2 Å². The first kappa shape index (κ1) is 17.3. The number of ether oxygens (including phenoxy) is 1. The molecular formula is C19H17N3O4S. The molecule has 0 atom stereocenters. The van der Waals surface area contributed by atoms with Gasteiger partial charge in [0.15, 0.2) is 10.8 Å². The summed E-state index contributed by atoms with van der Waals surface area (Å²) in [6, 6.07) is 10.9. The van der Waals surface area contributed by atoms with Gasteiger partial charge in [-0.3, -0.25) is 9.69 Å². The standard InChI is InChI=1S/C19H17N3O4S/c1-3-24-15-7-4-8-16-17(15)20-19(27-16)22(11-13-6-5-9-25-13)18(23)14-10-12(2)26-21-14/h4-10H,3,11H2,1-2H3. The number of hydrogen-bond donors (Lipinski definition) is 0. The van der Waals surface area contributed by atoms with Crippen molar-refractivity contribution in [1.82, 2.24) is 10.1 Å². The normalized spacial score (nSPS) is 11.0. The fraction of sp³-hybridized carbons (Fsp3) is 0.211. The van der Waals surface area contributed by atoms with Gasteiger partial charge in [-0.25, -0.2) is 4.98 Å². The van der Waals surface area contributed by atoms with E-state index in [-0.39, 0.29) is 18.1 Å². The summed E-state index contributed by atoms with van der Waals surface area (Å²) in [5, 5.41) is 4.39. The average molecular weight is 383 g/mol. The monoisotopic (exact) mass is 383 g/mol. The Morgan fingerprint density at radius 1 is 1.30 bits per heavy atom. The average Bonchev–Trinajstić information content (AvgIpc) is 3.40. The first-order valence-electron chi connectivity index (χ1n) is 8.45. The summed E-state index contributed by atoms with van der Waals surface area (Å²) in [6.45, 7) is 4.44. The maximum Gasteiger partial charge on any atom is 0.282 e. The molecule has 3 aromatic heterocycles. The summed E-state index contributed by atoms with van der Waals surface area (Å²) in [4.78, 5) is 19.3. The van der Waals surface area contributed by atoms with Crippen LogP contribution in [-0.4, -0.2) is 22.7 Å². The number of rotatable bonds is 6. The molecule has 1 aromatic carbocycles. The van der Waals surface area contributed by atoms with Crippen LogP contribution in [0.25, 0.3) is 10.2 Å². The summed E-state index contributed by atoms with van der Waals surface area (Å²) < 4.78 is 17.1. The van der Waals surface area contributed by atoms with Crippen LogP contribution in [-0.2, 0) is 6.54 Å². The van der Waals surface area contributed by atoms with Gasteiger partial charge in [-0.1, -0.05) is 22.6 Å². The second kappa shape index (κ2) is 7.24. The SMILES string of the molecule is CCOc1cccc2sc(N(Cc3ccco3)C(=O)c3cc(C)on3)nc12. The van der Waals surface area contributed by atoms with E-state index in [2.05, 4.69) is 10.1 Å². The van der Waals surface area contributed by atoms with E-state index in [0.29, 0.717) is 29.0 Å². The van der Waals surface area contributed by atoms with Gasteiger partial charge in [-0.15, -0.1) is 0 Å². The lowest BCUT2D eigenvalue weighted by Gasteiger charge is -2.17. The zero-order valence-corrected chi connectivity index (χ0v) is 15.7. The van der Waals surface area contributed by atoms with Gasteiger partial charge in [-0.05, 0) is 38.1 Å². The summed E-state index contributed by atoms with van der Waals surface area (Å²) in [5.74, 6) is 1.60. The molecule has 4 aromatic rings. The second-order valence-electron chi connectivity index (χ2n) is 5.83. The number of carbonyl (C=O) groups excluding carboxylic acids is 1. The molecule has 7 nitrogen and oxygen atoms in total. The van der Waals surface area contributed by atoms with Crippen LogP contribution >= 0.6 is 11.3 Å². The summed E-state index contributed by atoms with van der Waals surface area (Å²) >= 11 is 1.41. The number of aryl methyl sites for hydroxylation is 1. The van der Waals surface area contributed by atoms with E-state index < -0.39 is 0 Å². The minimum absolute atomic E-state index is 0.225. The van der Waals surface area contributed by atoms with E-state index >= 15 is 0 Å². The highest BCUT2D eigenvalue weighted by Gasteiger charge is 2.25. The smallest absolute Gasteiger partial charge is 0.282 e. The molecule has 0 aliphatic rings. The molecule has 0 radical (unpaired) electrons. The molecule has 1 amide bonds. The fourth-order valence-electron chi connectivity index (χ4n) is 2.69. The van der Waals surface area contributed by atoms with Crippen LogP contribution in [0.15, 0.2) is 51.6 Å². The van der Waals surface area contributed by atoms with Crippen LogP contribution in [0.5, 0.6) is 5.75 Å². The van der Waals surface area contributed by atoms with Gasteiger partial charge in [0.25, 0.3) is 5.91 Å². The lowest BCUT2D eigenvalue weighted by Crippen LogP contribution is -2.30. The number of hydrogen-bond acceptors (Lipinski definition) is 7. The molecule has 27 heavy (non-hydrogen) atoms. The minimum atomic E-state index is -0.305. The molecular weight excluding hydrogens is 366 g/mol. The number of fused-ring (bicyclic) bond motifs is 1. The van der Waals surface area contributed by atoms with Gasteiger partial charge < -0.3 is 13.7 Å². The number of amides is 1. The van der Waals surface area contributed by atoms with Crippen molar-refractivity contribution >= 4 is 32.6 Å². The Morgan fingerprint density at radius 3 is 2.89 bits per heavy atom. The Labute approximate surface area is 159 Å². The quantitative estimate of drug-likeness (QED) is 0.490. The van der Waals surface area contributed by atoms with E-state index in [9.17, 15) is 4.79 Å². The van der Waals surface area contributed by atoms with E-state index in [1.54, 1.807) is 25.3 Å². The van der Waals surface area contributed by atoms with Crippen LogP contribution < -0.4 is 9.64 Å². The minimum Gasteiger partial charge on any atom is -0.492 e. The first-order valence-corrected chi connectivity index (χ1v) is 9.27. The van der Waals surface area contributed by atoms with Crippen LogP contribution in [0.3, 0.4) is 0 Å². The van der Waals surface area contributed by atoms with Crippen LogP contribution in [0, 0.1) is 6.92 Å². The summed E-state index contributed by atoms with van der Waals surface area (Å²) in [7, 11) is 0. The van der Waals surface area contributed by atoms with Crippen LogP contribution in [0.1, 0.15) is 28.9 Å². The maximum absolute atomic E-state index is 13.1. The van der Waals surface area contributed by atoms with Crippen molar-refractivity contribution in [3.63, 3.8) is 0 Å². The van der Waals surface area contributed by atoms with E-state index in [1.165, 1.54) is 16.2 Å². The Kier molecular flexibility index (Phi) is 4.64. The molecule has 3 heterocycles. The predicted molar refractivity (Wildman–Crippen MR) is 101 cm³/mol. The highest BCUT2D eigenvalue weighted by molar-refractivity contribution is 7.22. The molecule has 0 aliphatic carbocycles. The lowest BCUT2D eigenvalue weighted by atomic mass is 10.3. The van der Waals surface area contributed by atoms with Gasteiger partial charge in [-0.2, -0.15) is 0 Å². The van der Waals surface area contributed by atoms with Crippen molar-refractivity contribution in [2.75, 3.05) is 11.5 Å². The van der Waals surface area contributed by atoms with E-state index in [1.807, 2.05) is 31.2 Å². The molecule has 0 saturated carbocycles. The van der Waals surface area contributed by atoms with Crippen molar-refractivity contribution in [2.24, 2.45) is 0 Å². The molecule has 0 aliphatic heterocycles. The van der Waals surface area contributed by atoms with Gasteiger partial charge in [0.2, 0.25) is 0 Å². The third kappa shape index (κ3) is 3.43. The molecule has 4 rings (SSSR count). The lowest BCUT2D eigenvalue weighted by molar-refractivity contribution is 0.0974. The highest BCUT2D eigenvalue weighted by atomic mass is 32.1. The Bertz CT molecular complexity index is 1070.